The van der Waals surface area contributed by atoms with E-state index in [1.165, 1.54) is 22.8 Å². The lowest BCUT2D eigenvalue weighted by atomic mass is 10.0. The van der Waals surface area contributed by atoms with Crippen LogP contribution in [0.15, 0.2) is 12.1 Å². The first-order chi connectivity index (χ1) is 7.65. The van der Waals surface area contributed by atoms with E-state index in [9.17, 15) is 0 Å². The van der Waals surface area contributed by atoms with Crippen LogP contribution in [-0.2, 0) is 6.54 Å². The van der Waals surface area contributed by atoms with E-state index in [1.807, 2.05) is 11.3 Å². The van der Waals surface area contributed by atoms with Gasteiger partial charge >= 0.3 is 0 Å². The molecule has 90 valence electrons. The van der Waals surface area contributed by atoms with Crippen molar-refractivity contribution in [1.29, 1.82) is 0 Å². The quantitative estimate of drug-likeness (QED) is 0.870. The van der Waals surface area contributed by atoms with Gasteiger partial charge in [-0.15, -0.1) is 11.3 Å². The second-order valence-corrected chi connectivity index (χ2v) is 6.42. The van der Waals surface area contributed by atoms with E-state index in [4.69, 9.17) is 0 Å². The summed E-state index contributed by atoms with van der Waals surface area (Å²) >= 11 is 1.93. The van der Waals surface area contributed by atoms with Crippen LogP contribution in [0.1, 0.15) is 23.6 Å². The Bertz CT molecular complexity index is 332. The van der Waals surface area contributed by atoms with E-state index in [2.05, 4.69) is 43.1 Å². The van der Waals surface area contributed by atoms with Crippen LogP contribution in [0.3, 0.4) is 0 Å². The molecule has 0 aliphatic carbocycles. The van der Waals surface area contributed by atoms with Crippen LogP contribution < -0.4 is 5.32 Å². The van der Waals surface area contributed by atoms with Crippen LogP contribution in [0.5, 0.6) is 0 Å². The summed E-state index contributed by atoms with van der Waals surface area (Å²) in [4.78, 5) is 5.50. The van der Waals surface area contributed by atoms with Gasteiger partial charge in [0.1, 0.15) is 0 Å². The summed E-state index contributed by atoms with van der Waals surface area (Å²) in [6, 6.07) is 5.16. The molecule has 1 aliphatic heterocycles. The van der Waals surface area contributed by atoms with Crippen LogP contribution in [0.2, 0.25) is 0 Å². The van der Waals surface area contributed by atoms with E-state index in [-0.39, 0.29) is 0 Å². The topological polar surface area (TPSA) is 15.3 Å². The first-order valence-electron chi connectivity index (χ1n) is 6.16. The highest BCUT2D eigenvalue weighted by molar-refractivity contribution is 7.11. The summed E-state index contributed by atoms with van der Waals surface area (Å²) in [7, 11) is 0. The Kier molecular flexibility index (Phi) is 4.00. The largest absolute Gasteiger partial charge is 0.311 e. The van der Waals surface area contributed by atoms with Gasteiger partial charge in [0.2, 0.25) is 0 Å². The van der Waals surface area contributed by atoms with Gasteiger partial charge in [-0.1, -0.05) is 13.8 Å². The lowest BCUT2D eigenvalue weighted by Gasteiger charge is -2.35. The molecule has 1 unspecified atom stereocenters. The summed E-state index contributed by atoms with van der Waals surface area (Å²) in [6.45, 7) is 11.4. The molecule has 1 N–H and O–H groups in total. The van der Waals surface area contributed by atoms with Crippen molar-refractivity contribution in [3.8, 4) is 0 Å². The zero-order valence-corrected chi connectivity index (χ0v) is 11.3. The Balaban J connectivity index is 1.90. The monoisotopic (exact) mass is 238 g/mol. The summed E-state index contributed by atoms with van der Waals surface area (Å²) in [5.74, 6) is 0.730. The second kappa shape index (κ2) is 5.30. The third kappa shape index (κ3) is 3.06. The Morgan fingerprint density at radius 2 is 2.31 bits per heavy atom. The molecule has 0 amide bonds. The minimum absolute atomic E-state index is 0.662. The molecule has 0 saturated carbocycles. The molecule has 2 heterocycles. The zero-order valence-electron chi connectivity index (χ0n) is 10.5. The summed E-state index contributed by atoms with van der Waals surface area (Å²) in [5, 5.41) is 3.60. The number of rotatable bonds is 3. The lowest BCUT2D eigenvalue weighted by molar-refractivity contribution is 0.170. The van der Waals surface area contributed by atoms with Crippen LogP contribution >= 0.6 is 11.3 Å². The predicted molar refractivity (Wildman–Crippen MR) is 71.0 cm³/mol. The summed E-state index contributed by atoms with van der Waals surface area (Å²) < 4.78 is 0. The number of aryl methyl sites for hydroxylation is 1. The van der Waals surface area contributed by atoms with Crippen LogP contribution in [-0.4, -0.2) is 30.6 Å². The predicted octanol–water partition coefficient (Wildman–Crippen LogP) is 2.49. The average molecular weight is 238 g/mol. The van der Waals surface area contributed by atoms with E-state index in [0.717, 1.165) is 19.0 Å². The van der Waals surface area contributed by atoms with E-state index in [1.54, 1.807) is 0 Å². The molecule has 16 heavy (non-hydrogen) atoms. The number of nitrogens with zero attached hydrogens (tertiary/aromatic N) is 1. The molecule has 0 spiro atoms. The normalized spacial score (nSPS) is 22.9. The highest BCUT2D eigenvalue weighted by Crippen LogP contribution is 2.18. The van der Waals surface area contributed by atoms with Crippen molar-refractivity contribution in [2.45, 2.75) is 33.4 Å². The average Bonchev–Trinajstić information content (AvgIpc) is 2.64. The van der Waals surface area contributed by atoms with Crippen LogP contribution in [0, 0.1) is 12.8 Å². The van der Waals surface area contributed by atoms with Crippen molar-refractivity contribution in [2.24, 2.45) is 5.92 Å². The number of hydrogen-bond acceptors (Lipinski definition) is 3. The van der Waals surface area contributed by atoms with Crippen LogP contribution in [0.25, 0.3) is 0 Å². The van der Waals surface area contributed by atoms with Crippen molar-refractivity contribution in [1.82, 2.24) is 10.2 Å². The van der Waals surface area contributed by atoms with Crippen molar-refractivity contribution < 1.29 is 0 Å². The molecule has 1 saturated heterocycles. The van der Waals surface area contributed by atoms with Crippen molar-refractivity contribution >= 4 is 11.3 Å². The second-order valence-electron chi connectivity index (χ2n) is 5.05. The fourth-order valence-electron chi connectivity index (χ4n) is 2.22. The molecule has 1 aromatic rings. The molecule has 0 radical (unpaired) electrons. The fraction of sp³-hybridized carbons (Fsp3) is 0.692. The van der Waals surface area contributed by atoms with E-state index >= 15 is 0 Å². The van der Waals surface area contributed by atoms with Crippen molar-refractivity contribution in [3.63, 3.8) is 0 Å². The fourth-order valence-corrected chi connectivity index (χ4v) is 3.16. The summed E-state index contributed by atoms with van der Waals surface area (Å²) in [6.07, 6.45) is 0. The maximum Gasteiger partial charge on any atom is 0.0329 e. The molecule has 1 fully saturated rings. The molecule has 0 bridgehead atoms. The molecule has 1 aromatic heterocycles. The van der Waals surface area contributed by atoms with Gasteiger partial charge < -0.3 is 5.32 Å². The van der Waals surface area contributed by atoms with Gasteiger partial charge in [-0.05, 0) is 25.0 Å². The van der Waals surface area contributed by atoms with Crippen molar-refractivity contribution in [2.75, 3.05) is 19.6 Å². The number of thiophene rings is 1. The molecule has 1 atom stereocenters. The molecule has 1 aliphatic rings. The Hall–Kier alpha value is -0.380. The Morgan fingerprint density at radius 1 is 1.50 bits per heavy atom. The SMILES string of the molecule is Cc1ccc(CN2CCNC(C(C)C)C2)s1. The van der Waals surface area contributed by atoms with Gasteiger partial charge in [0.05, 0.1) is 0 Å². The molecule has 0 aromatic carbocycles. The minimum Gasteiger partial charge on any atom is -0.311 e. The maximum absolute atomic E-state index is 3.60. The molecule has 3 heteroatoms. The van der Waals surface area contributed by atoms with E-state index < -0.39 is 0 Å². The molecule has 2 rings (SSSR count). The third-order valence-corrected chi connectivity index (χ3v) is 4.26. The third-order valence-electron chi connectivity index (χ3n) is 3.27. The molecule has 2 nitrogen and oxygen atoms in total. The number of hydrogen-bond donors (Lipinski definition) is 1. The number of piperazine rings is 1. The minimum atomic E-state index is 0.662. The van der Waals surface area contributed by atoms with Gasteiger partial charge in [0, 0.05) is 42.0 Å². The molecular formula is C13H22N2S. The smallest absolute Gasteiger partial charge is 0.0329 e. The van der Waals surface area contributed by atoms with Gasteiger partial charge in [0.25, 0.3) is 0 Å². The highest BCUT2D eigenvalue weighted by Gasteiger charge is 2.21. The van der Waals surface area contributed by atoms with Crippen LogP contribution in [0.4, 0.5) is 0 Å². The van der Waals surface area contributed by atoms with Gasteiger partial charge in [-0.3, -0.25) is 4.90 Å². The first-order valence-corrected chi connectivity index (χ1v) is 6.98. The van der Waals surface area contributed by atoms with Gasteiger partial charge in [0.15, 0.2) is 0 Å². The zero-order chi connectivity index (χ0) is 11.5. The van der Waals surface area contributed by atoms with E-state index in [0.29, 0.717) is 6.04 Å². The Labute approximate surface area is 103 Å². The molecular weight excluding hydrogens is 216 g/mol. The summed E-state index contributed by atoms with van der Waals surface area (Å²) in [5.41, 5.74) is 0. The van der Waals surface area contributed by atoms with Gasteiger partial charge in [-0.25, -0.2) is 0 Å². The lowest BCUT2D eigenvalue weighted by Crippen LogP contribution is -2.52. The van der Waals surface area contributed by atoms with Gasteiger partial charge in [-0.2, -0.15) is 0 Å². The van der Waals surface area contributed by atoms with Crippen molar-refractivity contribution in [3.05, 3.63) is 21.9 Å². The highest BCUT2D eigenvalue weighted by atomic mass is 32.1. The first kappa shape index (κ1) is 12.1. The maximum atomic E-state index is 3.60. The standard InChI is InChI=1S/C13H22N2S/c1-10(2)13-9-15(7-6-14-13)8-12-5-4-11(3)16-12/h4-5,10,13-14H,6-9H2,1-3H3. The Morgan fingerprint density at radius 3 is 2.94 bits per heavy atom. The number of nitrogens with one attached hydrogen (secondary N) is 1.